The SMILES string of the molecule is Clc1ccc([C@H]2CCCCN2)s1. The maximum Gasteiger partial charge on any atom is 0.0931 e. The Kier molecular flexibility index (Phi) is 2.69. The van der Waals surface area contributed by atoms with Gasteiger partial charge >= 0.3 is 0 Å². The molecule has 1 fully saturated rings. The van der Waals surface area contributed by atoms with Crippen molar-refractivity contribution >= 4 is 22.9 Å². The Balaban J connectivity index is 2.08. The van der Waals surface area contributed by atoms with E-state index in [0.29, 0.717) is 6.04 Å². The molecule has 1 aromatic heterocycles. The minimum absolute atomic E-state index is 0.566. The van der Waals surface area contributed by atoms with Crippen molar-refractivity contribution in [3.05, 3.63) is 21.3 Å². The van der Waals surface area contributed by atoms with Crippen LogP contribution in [-0.4, -0.2) is 6.54 Å². The summed E-state index contributed by atoms with van der Waals surface area (Å²) in [6.07, 6.45) is 3.92. The van der Waals surface area contributed by atoms with Crippen LogP contribution < -0.4 is 5.32 Å². The van der Waals surface area contributed by atoms with Crippen LogP contribution in [0.2, 0.25) is 4.34 Å². The average Bonchev–Trinajstić information content (AvgIpc) is 2.54. The second-order valence-electron chi connectivity index (χ2n) is 3.14. The molecule has 1 N–H and O–H groups in total. The molecule has 0 saturated carbocycles. The molecule has 0 aromatic carbocycles. The van der Waals surface area contributed by atoms with Gasteiger partial charge in [-0.25, -0.2) is 0 Å². The first-order chi connectivity index (χ1) is 5.86. The smallest absolute Gasteiger partial charge is 0.0931 e. The quantitative estimate of drug-likeness (QED) is 0.736. The van der Waals surface area contributed by atoms with Crippen molar-refractivity contribution in [2.75, 3.05) is 6.54 Å². The second-order valence-corrected chi connectivity index (χ2v) is 4.89. The third kappa shape index (κ3) is 1.82. The highest BCUT2D eigenvalue weighted by Crippen LogP contribution is 2.30. The van der Waals surface area contributed by atoms with E-state index in [9.17, 15) is 0 Å². The van der Waals surface area contributed by atoms with Gasteiger partial charge in [-0.15, -0.1) is 11.3 Å². The lowest BCUT2D eigenvalue weighted by Gasteiger charge is -2.21. The molecule has 12 heavy (non-hydrogen) atoms. The van der Waals surface area contributed by atoms with Gasteiger partial charge in [0.15, 0.2) is 0 Å². The lowest BCUT2D eigenvalue weighted by molar-refractivity contribution is 0.417. The number of piperidine rings is 1. The molecular weight excluding hydrogens is 190 g/mol. The monoisotopic (exact) mass is 201 g/mol. The summed E-state index contributed by atoms with van der Waals surface area (Å²) in [4.78, 5) is 1.39. The molecule has 2 rings (SSSR count). The Hall–Kier alpha value is -0.0500. The van der Waals surface area contributed by atoms with Gasteiger partial charge in [0.2, 0.25) is 0 Å². The number of nitrogens with one attached hydrogen (secondary N) is 1. The molecule has 2 heterocycles. The second kappa shape index (κ2) is 3.77. The van der Waals surface area contributed by atoms with E-state index >= 15 is 0 Å². The summed E-state index contributed by atoms with van der Waals surface area (Å²) in [7, 11) is 0. The predicted molar refractivity (Wildman–Crippen MR) is 53.9 cm³/mol. The number of thiophene rings is 1. The van der Waals surface area contributed by atoms with Crippen LogP contribution in [-0.2, 0) is 0 Å². The minimum Gasteiger partial charge on any atom is -0.309 e. The van der Waals surface area contributed by atoms with E-state index in [-0.39, 0.29) is 0 Å². The predicted octanol–water partition coefficient (Wildman–Crippen LogP) is 3.22. The molecule has 1 nitrogen and oxygen atoms in total. The lowest BCUT2D eigenvalue weighted by Crippen LogP contribution is -2.25. The van der Waals surface area contributed by atoms with Crippen molar-refractivity contribution in [2.24, 2.45) is 0 Å². The summed E-state index contributed by atoms with van der Waals surface area (Å²) < 4.78 is 0.900. The van der Waals surface area contributed by atoms with Crippen LogP contribution in [0.25, 0.3) is 0 Å². The molecule has 1 atom stereocenters. The zero-order valence-electron chi connectivity index (χ0n) is 6.85. The van der Waals surface area contributed by atoms with Crippen LogP contribution in [0.4, 0.5) is 0 Å². The molecular formula is C9H12ClNS. The largest absolute Gasteiger partial charge is 0.309 e. The van der Waals surface area contributed by atoms with Gasteiger partial charge in [-0.3, -0.25) is 0 Å². The van der Waals surface area contributed by atoms with Crippen LogP contribution in [0.1, 0.15) is 30.2 Å². The molecule has 1 aliphatic rings. The first kappa shape index (κ1) is 8.54. The maximum absolute atomic E-state index is 5.87. The fraction of sp³-hybridized carbons (Fsp3) is 0.556. The Morgan fingerprint density at radius 1 is 1.42 bits per heavy atom. The number of hydrogen-bond donors (Lipinski definition) is 1. The van der Waals surface area contributed by atoms with E-state index in [2.05, 4.69) is 11.4 Å². The third-order valence-electron chi connectivity index (χ3n) is 2.25. The van der Waals surface area contributed by atoms with Gasteiger partial charge in [0.25, 0.3) is 0 Å². The average molecular weight is 202 g/mol. The zero-order valence-corrected chi connectivity index (χ0v) is 8.42. The third-order valence-corrected chi connectivity index (χ3v) is 3.59. The summed E-state index contributed by atoms with van der Waals surface area (Å²) in [5.74, 6) is 0. The van der Waals surface area contributed by atoms with Crippen molar-refractivity contribution in [1.29, 1.82) is 0 Å². The Bertz CT molecular complexity index is 253. The Morgan fingerprint density at radius 3 is 2.92 bits per heavy atom. The van der Waals surface area contributed by atoms with Crippen molar-refractivity contribution in [3.63, 3.8) is 0 Å². The van der Waals surface area contributed by atoms with Gasteiger partial charge in [-0.1, -0.05) is 18.0 Å². The number of halogens is 1. The van der Waals surface area contributed by atoms with Gasteiger partial charge in [-0.05, 0) is 31.5 Å². The van der Waals surface area contributed by atoms with Crippen LogP contribution in [0, 0.1) is 0 Å². The lowest BCUT2D eigenvalue weighted by atomic mass is 10.0. The maximum atomic E-state index is 5.87. The van der Waals surface area contributed by atoms with Crippen LogP contribution in [0.5, 0.6) is 0 Å². The van der Waals surface area contributed by atoms with E-state index in [4.69, 9.17) is 11.6 Å². The van der Waals surface area contributed by atoms with Gasteiger partial charge in [-0.2, -0.15) is 0 Å². The molecule has 0 unspecified atom stereocenters. The van der Waals surface area contributed by atoms with Gasteiger partial charge in [0, 0.05) is 10.9 Å². The molecule has 3 heteroatoms. The van der Waals surface area contributed by atoms with Crippen molar-refractivity contribution < 1.29 is 0 Å². The fourth-order valence-electron chi connectivity index (χ4n) is 1.61. The Labute approximate surface area is 81.7 Å². The molecule has 1 saturated heterocycles. The topological polar surface area (TPSA) is 12.0 Å². The highest BCUT2D eigenvalue weighted by atomic mass is 35.5. The summed E-state index contributed by atoms with van der Waals surface area (Å²) in [5, 5.41) is 3.50. The van der Waals surface area contributed by atoms with E-state index in [1.807, 2.05) is 6.07 Å². The highest BCUT2D eigenvalue weighted by molar-refractivity contribution is 7.16. The summed E-state index contributed by atoms with van der Waals surface area (Å²) in [5.41, 5.74) is 0. The number of rotatable bonds is 1. The summed E-state index contributed by atoms with van der Waals surface area (Å²) in [6.45, 7) is 1.15. The molecule has 0 bridgehead atoms. The van der Waals surface area contributed by atoms with Crippen molar-refractivity contribution in [3.8, 4) is 0 Å². The Morgan fingerprint density at radius 2 is 2.33 bits per heavy atom. The minimum atomic E-state index is 0.566. The molecule has 0 radical (unpaired) electrons. The van der Waals surface area contributed by atoms with Crippen LogP contribution >= 0.6 is 22.9 Å². The fourth-order valence-corrected chi connectivity index (χ4v) is 2.78. The molecule has 1 aliphatic heterocycles. The first-order valence-electron chi connectivity index (χ1n) is 4.35. The van der Waals surface area contributed by atoms with E-state index in [0.717, 1.165) is 10.9 Å². The van der Waals surface area contributed by atoms with Gasteiger partial charge in [0.05, 0.1) is 4.34 Å². The van der Waals surface area contributed by atoms with Crippen molar-refractivity contribution in [1.82, 2.24) is 5.32 Å². The molecule has 1 aromatic rings. The normalized spacial score (nSPS) is 24.2. The van der Waals surface area contributed by atoms with Crippen LogP contribution in [0.3, 0.4) is 0 Å². The molecule has 0 aliphatic carbocycles. The van der Waals surface area contributed by atoms with Crippen molar-refractivity contribution in [2.45, 2.75) is 25.3 Å². The summed E-state index contributed by atoms with van der Waals surface area (Å²) in [6, 6.07) is 4.68. The van der Waals surface area contributed by atoms with E-state index in [1.54, 1.807) is 11.3 Å². The van der Waals surface area contributed by atoms with Crippen LogP contribution in [0.15, 0.2) is 12.1 Å². The molecule has 66 valence electrons. The highest BCUT2D eigenvalue weighted by Gasteiger charge is 2.15. The van der Waals surface area contributed by atoms with Gasteiger partial charge < -0.3 is 5.32 Å². The number of hydrogen-bond acceptors (Lipinski definition) is 2. The summed E-state index contributed by atoms with van der Waals surface area (Å²) >= 11 is 7.57. The van der Waals surface area contributed by atoms with Gasteiger partial charge in [0.1, 0.15) is 0 Å². The zero-order chi connectivity index (χ0) is 8.39. The first-order valence-corrected chi connectivity index (χ1v) is 5.54. The standard InChI is InChI=1S/C9H12ClNS/c10-9-5-4-8(12-9)7-3-1-2-6-11-7/h4-5,7,11H,1-3,6H2/t7-/m1/s1. The van der Waals surface area contributed by atoms with E-state index < -0.39 is 0 Å². The van der Waals surface area contributed by atoms with E-state index in [1.165, 1.54) is 24.1 Å². The molecule has 0 amide bonds. The molecule has 0 spiro atoms.